The third kappa shape index (κ3) is 3.58. The van der Waals surface area contributed by atoms with Gasteiger partial charge in [-0.1, -0.05) is 6.07 Å². The molecule has 2 heterocycles. The SMILES string of the molecule is CN(C)C(CNC(=O)c1ccc2c(c1)NC(=O)CO2)c1cccs1. The molecule has 0 bridgehead atoms. The van der Waals surface area contributed by atoms with E-state index in [1.54, 1.807) is 29.5 Å². The molecule has 2 aromatic rings. The largest absolute Gasteiger partial charge is 0.482 e. The smallest absolute Gasteiger partial charge is 0.262 e. The highest BCUT2D eigenvalue weighted by Gasteiger charge is 2.19. The molecule has 1 aromatic heterocycles. The summed E-state index contributed by atoms with van der Waals surface area (Å²) >= 11 is 1.67. The number of nitrogens with zero attached hydrogens (tertiary/aromatic N) is 1. The van der Waals surface area contributed by atoms with Gasteiger partial charge in [0, 0.05) is 17.0 Å². The molecule has 0 saturated carbocycles. The molecule has 126 valence electrons. The van der Waals surface area contributed by atoms with Crippen LogP contribution in [0.15, 0.2) is 35.7 Å². The van der Waals surface area contributed by atoms with Crippen LogP contribution in [0, 0.1) is 0 Å². The van der Waals surface area contributed by atoms with Crippen LogP contribution < -0.4 is 15.4 Å². The van der Waals surface area contributed by atoms with Gasteiger partial charge in [-0.2, -0.15) is 0 Å². The number of ether oxygens (including phenoxy) is 1. The molecule has 24 heavy (non-hydrogen) atoms. The van der Waals surface area contributed by atoms with Crippen molar-refractivity contribution in [2.45, 2.75) is 6.04 Å². The average Bonchev–Trinajstić information content (AvgIpc) is 3.08. The van der Waals surface area contributed by atoms with E-state index in [0.717, 1.165) is 0 Å². The molecule has 1 aliphatic heterocycles. The Labute approximate surface area is 144 Å². The van der Waals surface area contributed by atoms with Gasteiger partial charge in [0.2, 0.25) is 0 Å². The Morgan fingerprint density at radius 1 is 1.42 bits per heavy atom. The highest BCUT2D eigenvalue weighted by molar-refractivity contribution is 7.10. The predicted octanol–water partition coefficient (Wildman–Crippen LogP) is 2.11. The normalized spacial score (nSPS) is 14.5. The zero-order chi connectivity index (χ0) is 17.1. The lowest BCUT2D eigenvalue weighted by atomic mass is 10.1. The van der Waals surface area contributed by atoms with E-state index in [1.807, 2.05) is 25.5 Å². The number of anilines is 1. The van der Waals surface area contributed by atoms with Crippen molar-refractivity contribution >= 4 is 28.8 Å². The lowest BCUT2D eigenvalue weighted by Gasteiger charge is -2.24. The highest BCUT2D eigenvalue weighted by Crippen LogP contribution is 2.28. The minimum absolute atomic E-state index is 0.00384. The number of rotatable bonds is 5. The lowest BCUT2D eigenvalue weighted by Crippen LogP contribution is -2.34. The van der Waals surface area contributed by atoms with Crippen LogP contribution in [0.2, 0.25) is 0 Å². The first-order chi connectivity index (χ1) is 11.5. The Morgan fingerprint density at radius 2 is 2.25 bits per heavy atom. The molecule has 6 nitrogen and oxygen atoms in total. The van der Waals surface area contributed by atoms with Gasteiger partial charge >= 0.3 is 0 Å². The molecule has 1 unspecified atom stereocenters. The number of carbonyl (C=O) groups is 2. The van der Waals surface area contributed by atoms with E-state index in [1.165, 1.54) is 4.88 Å². The number of carbonyl (C=O) groups excluding carboxylic acids is 2. The zero-order valence-electron chi connectivity index (χ0n) is 13.5. The van der Waals surface area contributed by atoms with Gasteiger partial charge in [0.05, 0.1) is 11.7 Å². The van der Waals surface area contributed by atoms with Crippen LogP contribution in [0.4, 0.5) is 5.69 Å². The fraction of sp³-hybridized carbons (Fsp3) is 0.294. The zero-order valence-corrected chi connectivity index (χ0v) is 14.4. The van der Waals surface area contributed by atoms with E-state index in [-0.39, 0.29) is 24.5 Å². The summed E-state index contributed by atoms with van der Waals surface area (Å²) in [5, 5.41) is 7.70. The second-order valence-corrected chi connectivity index (χ2v) is 6.73. The average molecular weight is 345 g/mol. The van der Waals surface area contributed by atoms with Gasteiger partial charge in [0.15, 0.2) is 6.61 Å². The lowest BCUT2D eigenvalue weighted by molar-refractivity contribution is -0.118. The fourth-order valence-corrected chi connectivity index (χ4v) is 3.46. The molecule has 1 atom stereocenters. The number of benzene rings is 1. The second-order valence-electron chi connectivity index (χ2n) is 5.75. The van der Waals surface area contributed by atoms with Gasteiger partial charge in [-0.15, -0.1) is 11.3 Å². The van der Waals surface area contributed by atoms with Crippen molar-refractivity contribution in [2.24, 2.45) is 0 Å². The maximum atomic E-state index is 12.4. The maximum absolute atomic E-state index is 12.4. The summed E-state index contributed by atoms with van der Waals surface area (Å²) in [6.07, 6.45) is 0. The van der Waals surface area contributed by atoms with Crippen molar-refractivity contribution in [3.05, 3.63) is 46.2 Å². The van der Waals surface area contributed by atoms with Gasteiger partial charge in [0.25, 0.3) is 11.8 Å². The molecule has 0 saturated heterocycles. The first-order valence-electron chi connectivity index (χ1n) is 7.59. The summed E-state index contributed by atoms with van der Waals surface area (Å²) in [5.74, 6) is 0.183. The van der Waals surface area contributed by atoms with Crippen molar-refractivity contribution in [1.82, 2.24) is 10.2 Å². The van der Waals surface area contributed by atoms with Gasteiger partial charge in [0.1, 0.15) is 5.75 Å². The summed E-state index contributed by atoms with van der Waals surface area (Å²) in [5.41, 5.74) is 1.02. The van der Waals surface area contributed by atoms with Crippen LogP contribution in [-0.4, -0.2) is 44.0 Å². The van der Waals surface area contributed by atoms with Crippen molar-refractivity contribution in [3.63, 3.8) is 0 Å². The van der Waals surface area contributed by atoms with E-state index in [2.05, 4.69) is 21.6 Å². The molecule has 0 fully saturated rings. The van der Waals surface area contributed by atoms with E-state index in [4.69, 9.17) is 4.74 Å². The number of hydrogen-bond acceptors (Lipinski definition) is 5. The molecule has 7 heteroatoms. The van der Waals surface area contributed by atoms with Gasteiger partial charge < -0.3 is 20.3 Å². The monoisotopic (exact) mass is 345 g/mol. The summed E-state index contributed by atoms with van der Waals surface area (Å²) in [6.45, 7) is 0.510. The number of fused-ring (bicyclic) bond motifs is 1. The van der Waals surface area contributed by atoms with Crippen molar-refractivity contribution in [1.29, 1.82) is 0 Å². The number of thiophene rings is 1. The van der Waals surface area contributed by atoms with Crippen LogP contribution in [-0.2, 0) is 4.79 Å². The molecule has 2 amide bonds. The van der Waals surface area contributed by atoms with Gasteiger partial charge in [-0.25, -0.2) is 0 Å². The van der Waals surface area contributed by atoms with Crippen LogP contribution in [0.5, 0.6) is 5.75 Å². The molecule has 0 radical (unpaired) electrons. The third-order valence-electron chi connectivity index (χ3n) is 3.83. The minimum atomic E-state index is -0.217. The molecule has 1 aliphatic rings. The van der Waals surface area contributed by atoms with Crippen molar-refractivity contribution in [2.75, 3.05) is 32.6 Å². The Balaban J connectivity index is 1.68. The Kier molecular flexibility index (Phi) is 4.82. The molecular weight excluding hydrogens is 326 g/mol. The predicted molar refractivity (Wildman–Crippen MR) is 93.6 cm³/mol. The van der Waals surface area contributed by atoms with Gasteiger partial charge in [-0.05, 0) is 43.7 Å². The summed E-state index contributed by atoms with van der Waals surface area (Å²) in [6, 6.07) is 9.22. The molecule has 0 spiro atoms. The van der Waals surface area contributed by atoms with Crippen molar-refractivity contribution < 1.29 is 14.3 Å². The number of likely N-dealkylation sites (N-methyl/N-ethyl adjacent to an activating group) is 1. The first kappa shape index (κ1) is 16.5. The third-order valence-corrected chi connectivity index (χ3v) is 4.80. The molecular formula is C17H19N3O3S. The number of hydrogen-bond donors (Lipinski definition) is 2. The first-order valence-corrected chi connectivity index (χ1v) is 8.47. The number of amides is 2. The Bertz CT molecular complexity index is 744. The highest BCUT2D eigenvalue weighted by atomic mass is 32.1. The van der Waals surface area contributed by atoms with Crippen LogP contribution in [0.3, 0.4) is 0 Å². The summed E-state index contributed by atoms with van der Waals surface area (Å²) in [4.78, 5) is 27.1. The van der Waals surface area contributed by atoms with Crippen LogP contribution in [0.1, 0.15) is 21.3 Å². The van der Waals surface area contributed by atoms with E-state index in [9.17, 15) is 9.59 Å². The van der Waals surface area contributed by atoms with E-state index < -0.39 is 0 Å². The minimum Gasteiger partial charge on any atom is -0.482 e. The van der Waals surface area contributed by atoms with Crippen LogP contribution in [0.25, 0.3) is 0 Å². The fourth-order valence-electron chi connectivity index (χ4n) is 2.53. The van der Waals surface area contributed by atoms with Gasteiger partial charge in [-0.3, -0.25) is 9.59 Å². The molecule has 2 N–H and O–H groups in total. The Hall–Kier alpha value is -2.38. The molecule has 3 rings (SSSR count). The second kappa shape index (κ2) is 7.02. The Morgan fingerprint density at radius 3 is 2.96 bits per heavy atom. The molecule has 1 aromatic carbocycles. The summed E-state index contributed by atoms with van der Waals surface area (Å²) in [7, 11) is 3.98. The quantitative estimate of drug-likeness (QED) is 0.871. The van der Waals surface area contributed by atoms with E-state index in [0.29, 0.717) is 23.5 Å². The van der Waals surface area contributed by atoms with Crippen LogP contribution >= 0.6 is 11.3 Å². The standard InChI is InChI=1S/C17H19N3O3S/c1-20(2)13(15-4-3-7-24-15)9-18-17(22)11-5-6-14-12(8-11)19-16(21)10-23-14/h3-8,13H,9-10H2,1-2H3,(H,18,22)(H,19,21). The summed E-state index contributed by atoms with van der Waals surface area (Å²) < 4.78 is 5.30. The topological polar surface area (TPSA) is 70.7 Å². The van der Waals surface area contributed by atoms with E-state index >= 15 is 0 Å². The maximum Gasteiger partial charge on any atom is 0.262 e. The van der Waals surface area contributed by atoms with Crippen molar-refractivity contribution in [3.8, 4) is 5.75 Å². The number of nitrogens with one attached hydrogen (secondary N) is 2. The molecule has 0 aliphatic carbocycles.